The molecule has 2 heterocycles. The summed E-state index contributed by atoms with van der Waals surface area (Å²) in [6.07, 6.45) is 2.66. The van der Waals surface area contributed by atoms with Crippen molar-refractivity contribution in [1.29, 1.82) is 0 Å². The Kier molecular flexibility index (Phi) is 8.42. The van der Waals surface area contributed by atoms with Gasteiger partial charge in [-0.2, -0.15) is 4.31 Å². The highest BCUT2D eigenvalue weighted by Gasteiger charge is 2.28. The zero-order valence-electron chi connectivity index (χ0n) is 22.2. The van der Waals surface area contributed by atoms with Gasteiger partial charge in [-0.25, -0.2) is 13.4 Å². The predicted molar refractivity (Wildman–Crippen MR) is 156 cm³/mol. The van der Waals surface area contributed by atoms with Crippen LogP contribution in [0.4, 0.5) is 5.13 Å². The number of anilines is 1. The number of thiazole rings is 1. The summed E-state index contributed by atoms with van der Waals surface area (Å²) in [6, 6.07) is 21.9. The van der Waals surface area contributed by atoms with Crippen LogP contribution < -0.4 is 4.90 Å². The van der Waals surface area contributed by atoms with Crippen molar-refractivity contribution in [3.63, 3.8) is 0 Å². The maximum absolute atomic E-state index is 13.8. The maximum Gasteiger partial charge on any atom is 0.260 e. The number of ether oxygens (including phenoxy) is 1. The van der Waals surface area contributed by atoms with Crippen molar-refractivity contribution < 1.29 is 17.9 Å². The fourth-order valence-electron chi connectivity index (χ4n) is 4.86. The van der Waals surface area contributed by atoms with Crippen LogP contribution in [0.1, 0.15) is 48.2 Å². The molecule has 0 N–H and O–H groups in total. The molecular formula is C30H33N3O4S2. The van der Waals surface area contributed by atoms with Crippen LogP contribution in [0.2, 0.25) is 0 Å². The van der Waals surface area contributed by atoms with Crippen molar-refractivity contribution in [2.75, 3.05) is 24.6 Å². The molecule has 0 aliphatic carbocycles. The van der Waals surface area contributed by atoms with Gasteiger partial charge in [-0.3, -0.25) is 9.69 Å². The molecule has 3 aromatic carbocycles. The molecule has 1 aliphatic heterocycles. The molecule has 1 atom stereocenters. The van der Waals surface area contributed by atoms with Gasteiger partial charge in [0.2, 0.25) is 10.0 Å². The Morgan fingerprint density at radius 1 is 1.03 bits per heavy atom. The molecule has 7 nitrogen and oxygen atoms in total. The van der Waals surface area contributed by atoms with Crippen molar-refractivity contribution in [3.8, 4) is 0 Å². The summed E-state index contributed by atoms with van der Waals surface area (Å²) in [4.78, 5) is 20.6. The average Bonchev–Trinajstić information content (AvgIpc) is 3.64. The van der Waals surface area contributed by atoms with E-state index in [1.165, 1.54) is 27.8 Å². The van der Waals surface area contributed by atoms with Crippen LogP contribution in [-0.4, -0.2) is 49.4 Å². The van der Waals surface area contributed by atoms with Crippen LogP contribution in [0.25, 0.3) is 10.2 Å². The minimum Gasteiger partial charge on any atom is -0.376 e. The van der Waals surface area contributed by atoms with E-state index >= 15 is 0 Å². The first-order chi connectivity index (χ1) is 18.9. The number of aryl methyl sites for hydroxylation is 1. The van der Waals surface area contributed by atoms with Gasteiger partial charge in [0.05, 0.1) is 27.8 Å². The largest absolute Gasteiger partial charge is 0.376 e. The molecule has 1 aliphatic rings. The number of rotatable bonds is 10. The zero-order chi connectivity index (χ0) is 27.4. The van der Waals surface area contributed by atoms with Gasteiger partial charge in [0.1, 0.15) is 0 Å². The van der Waals surface area contributed by atoms with Gasteiger partial charge >= 0.3 is 0 Å². The van der Waals surface area contributed by atoms with E-state index in [0.717, 1.165) is 40.6 Å². The number of carbonyl (C=O) groups excluding carboxylic acids is 1. The number of amides is 1. The van der Waals surface area contributed by atoms with E-state index in [9.17, 15) is 13.2 Å². The average molecular weight is 564 g/mol. The minimum atomic E-state index is -3.73. The molecule has 204 valence electrons. The Bertz CT molecular complexity index is 1530. The lowest BCUT2D eigenvalue weighted by atomic mass is 10.1. The van der Waals surface area contributed by atoms with Gasteiger partial charge in [0, 0.05) is 25.3 Å². The third-order valence-corrected chi connectivity index (χ3v) is 10.0. The topological polar surface area (TPSA) is 79.8 Å². The van der Waals surface area contributed by atoms with Crippen molar-refractivity contribution >= 4 is 42.6 Å². The lowest BCUT2D eigenvalue weighted by Gasteiger charge is -2.23. The first kappa shape index (κ1) is 27.5. The Balaban J connectivity index is 1.42. The standard InChI is InChI=1S/C30H33N3O4S2/c1-3-23-12-8-14-27-28(23)31-30(38-27)33(21-25-13-9-19-37-25)29(34)24-15-17-26(18-16-24)39(35,36)32(4-2)20-22-10-6-5-7-11-22/h5-8,10-12,14-18,25H,3-4,9,13,19-21H2,1-2H3. The number of para-hydroxylation sites is 1. The van der Waals surface area contributed by atoms with Gasteiger partial charge in [-0.15, -0.1) is 0 Å². The van der Waals surface area contributed by atoms with E-state index in [-0.39, 0.29) is 23.5 Å². The number of nitrogens with zero attached hydrogens (tertiary/aromatic N) is 3. The molecule has 0 radical (unpaired) electrons. The molecule has 1 saturated heterocycles. The number of hydrogen-bond acceptors (Lipinski definition) is 6. The third kappa shape index (κ3) is 5.91. The predicted octanol–water partition coefficient (Wildman–Crippen LogP) is 5.90. The van der Waals surface area contributed by atoms with Crippen LogP contribution in [0.15, 0.2) is 77.7 Å². The Labute approximate surface area is 234 Å². The number of fused-ring (bicyclic) bond motifs is 1. The highest BCUT2D eigenvalue weighted by Crippen LogP contribution is 2.33. The molecule has 1 fully saturated rings. The van der Waals surface area contributed by atoms with Gasteiger partial charge < -0.3 is 4.74 Å². The summed E-state index contributed by atoms with van der Waals surface area (Å²) in [5, 5.41) is 0.628. The summed E-state index contributed by atoms with van der Waals surface area (Å²) >= 11 is 1.49. The second-order valence-electron chi connectivity index (χ2n) is 9.61. The quantitative estimate of drug-likeness (QED) is 0.240. The van der Waals surface area contributed by atoms with Crippen LogP contribution in [0, 0.1) is 0 Å². The van der Waals surface area contributed by atoms with Crippen molar-refractivity contribution in [2.24, 2.45) is 0 Å². The number of benzene rings is 3. The fourth-order valence-corrected chi connectivity index (χ4v) is 7.32. The van der Waals surface area contributed by atoms with Gasteiger partial charge in [0.25, 0.3) is 5.91 Å². The number of sulfonamides is 1. The molecule has 4 aromatic rings. The fraction of sp³-hybridized carbons (Fsp3) is 0.333. The van der Waals surface area contributed by atoms with Crippen molar-refractivity contribution in [2.45, 2.75) is 50.7 Å². The smallest absolute Gasteiger partial charge is 0.260 e. The summed E-state index contributed by atoms with van der Waals surface area (Å²) in [5.41, 5.74) is 3.39. The summed E-state index contributed by atoms with van der Waals surface area (Å²) in [5.74, 6) is -0.219. The van der Waals surface area contributed by atoms with Crippen LogP contribution in [0.3, 0.4) is 0 Å². The first-order valence-electron chi connectivity index (χ1n) is 13.4. The lowest BCUT2D eigenvalue weighted by Crippen LogP contribution is -2.37. The van der Waals surface area contributed by atoms with E-state index in [0.29, 0.717) is 30.4 Å². The monoisotopic (exact) mass is 563 g/mol. The Morgan fingerprint density at radius 3 is 2.46 bits per heavy atom. The van der Waals surface area contributed by atoms with Crippen LogP contribution in [-0.2, 0) is 27.7 Å². The van der Waals surface area contributed by atoms with Crippen LogP contribution >= 0.6 is 11.3 Å². The maximum atomic E-state index is 13.8. The molecule has 0 bridgehead atoms. The second-order valence-corrected chi connectivity index (χ2v) is 12.6. The Hall–Kier alpha value is -3.11. The van der Waals surface area contributed by atoms with Crippen molar-refractivity contribution in [1.82, 2.24) is 9.29 Å². The highest BCUT2D eigenvalue weighted by molar-refractivity contribution is 7.89. The molecule has 0 saturated carbocycles. The van der Waals surface area contributed by atoms with Gasteiger partial charge in [-0.1, -0.05) is 67.6 Å². The molecule has 5 rings (SSSR count). The lowest BCUT2D eigenvalue weighted by molar-refractivity contribution is 0.0917. The van der Waals surface area contributed by atoms with E-state index in [1.54, 1.807) is 17.0 Å². The molecular weight excluding hydrogens is 530 g/mol. The third-order valence-electron chi connectivity index (χ3n) is 7.05. The SMILES string of the molecule is CCc1cccc2sc(N(CC3CCCO3)C(=O)c3ccc(S(=O)(=O)N(CC)Cc4ccccc4)cc3)nc12. The number of aromatic nitrogens is 1. The molecule has 1 unspecified atom stereocenters. The first-order valence-corrected chi connectivity index (χ1v) is 15.6. The van der Waals surface area contributed by atoms with Gasteiger partial charge in [0.15, 0.2) is 5.13 Å². The van der Waals surface area contributed by atoms with E-state index in [2.05, 4.69) is 13.0 Å². The molecule has 1 aromatic heterocycles. The molecule has 0 spiro atoms. The summed E-state index contributed by atoms with van der Waals surface area (Å²) in [7, 11) is -3.73. The summed E-state index contributed by atoms with van der Waals surface area (Å²) in [6.45, 7) is 5.63. The number of carbonyl (C=O) groups is 1. The zero-order valence-corrected chi connectivity index (χ0v) is 23.9. The molecule has 1 amide bonds. The van der Waals surface area contributed by atoms with Gasteiger partial charge in [-0.05, 0) is 60.7 Å². The van der Waals surface area contributed by atoms with E-state index in [1.807, 2.05) is 49.4 Å². The highest BCUT2D eigenvalue weighted by atomic mass is 32.2. The minimum absolute atomic E-state index is 0.0534. The van der Waals surface area contributed by atoms with Crippen molar-refractivity contribution in [3.05, 3.63) is 89.5 Å². The van der Waals surface area contributed by atoms with E-state index < -0.39 is 10.0 Å². The van der Waals surface area contributed by atoms with Crippen LogP contribution in [0.5, 0.6) is 0 Å². The van der Waals surface area contributed by atoms with E-state index in [4.69, 9.17) is 9.72 Å². The summed E-state index contributed by atoms with van der Waals surface area (Å²) < 4.78 is 35.1. The molecule has 9 heteroatoms. The number of hydrogen-bond donors (Lipinski definition) is 0. The Morgan fingerprint density at radius 2 is 1.79 bits per heavy atom. The molecule has 39 heavy (non-hydrogen) atoms. The second kappa shape index (κ2) is 12.0. The normalized spacial score (nSPS) is 15.7.